The van der Waals surface area contributed by atoms with E-state index in [1.807, 2.05) is 18.2 Å². The van der Waals surface area contributed by atoms with Gasteiger partial charge in [-0.05, 0) is 31.0 Å². The van der Waals surface area contributed by atoms with E-state index < -0.39 is 17.8 Å². The Morgan fingerprint density at radius 1 is 1.37 bits per heavy atom. The van der Waals surface area contributed by atoms with Gasteiger partial charge in [-0.3, -0.25) is 9.59 Å². The Bertz CT molecular complexity index is 500. The maximum absolute atomic E-state index is 11.4. The molecular weight excluding hydrogens is 250 g/mol. The van der Waals surface area contributed by atoms with Crippen molar-refractivity contribution in [3.63, 3.8) is 0 Å². The topological polar surface area (TPSA) is 84.9 Å². The molecule has 1 heterocycles. The van der Waals surface area contributed by atoms with Gasteiger partial charge in [0.25, 0.3) is 0 Å². The summed E-state index contributed by atoms with van der Waals surface area (Å²) in [6.45, 7) is 1.97. The highest BCUT2D eigenvalue weighted by Crippen LogP contribution is 2.32. The van der Waals surface area contributed by atoms with Gasteiger partial charge in [-0.15, -0.1) is 0 Å². The zero-order chi connectivity index (χ0) is 13.8. The lowest BCUT2D eigenvalue weighted by Gasteiger charge is -2.08. The Balaban J connectivity index is 1.83. The largest absolute Gasteiger partial charge is 0.481 e. The molecule has 0 spiro atoms. The number of amides is 1. The predicted octanol–water partition coefficient (Wildman–Crippen LogP) is 0.795. The van der Waals surface area contributed by atoms with E-state index in [-0.39, 0.29) is 6.79 Å². The maximum Gasteiger partial charge on any atom is 0.315 e. The van der Waals surface area contributed by atoms with Crippen LogP contribution < -0.4 is 14.8 Å². The zero-order valence-corrected chi connectivity index (χ0v) is 10.5. The van der Waals surface area contributed by atoms with Gasteiger partial charge in [0, 0.05) is 6.54 Å². The smallest absolute Gasteiger partial charge is 0.315 e. The van der Waals surface area contributed by atoms with Crippen LogP contribution >= 0.6 is 0 Å². The van der Waals surface area contributed by atoms with Crippen molar-refractivity contribution in [2.24, 2.45) is 5.92 Å². The van der Waals surface area contributed by atoms with E-state index in [4.69, 9.17) is 14.6 Å². The SMILES string of the molecule is CC(C(=O)O)C(=O)NCCc1ccc2c(c1)OCO2. The van der Waals surface area contributed by atoms with Crippen LogP contribution in [0.4, 0.5) is 0 Å². The van der Waals surface area contributed by atoms with Gasteiger partial charge >= 0.3 is 5.97 Å². The third-order valence-corrected chi connectivity index (χ3v) is 2.91. The second-order valence-corrected chi connectivity index (χ2v) is 4.29. The number of carboxylic acid groups (broad SMARTS) is 1. The van der Waals surface area contributed by atoms with E-state index in [1.54, 1.807) is 0 Å². The number of fused-ring (bicyclic) bond motifs is 1. The molecule has 1 amide bonds. The molecule has 6 heteroatoms. The molecule has 1 unspecified atom stereocenters. The van der Waals surface area contributed by atoms with Gasteiger partial charge in [0.05, 0.1) is 0 Å². The number of nitrogens with one attached hydrogen (secondary N) is 1. The summed E-state index contributed by atoms with van der Waals surface area (Å²) < 4.78 is 10.4. The van der Waals surface area contributed by atoms with E-state index in [2.05, 4.69) is 5.32 Å². The van der Waals surface area contributed by atoms with Crippen LogP contribution in [0.15, 0.2) is 18.2 Å². The van der Waals surface area contributed by atoms with Gasteiger partial charge in [-0.25, -0.2) is 0 Å². The van der Waals surface area contributed by atoms with Crippen molar-refractivity contribution in [2.75, 3.05) is 13.3 Å². The fourth-order valence-electron chi connectivity index (χ4n) is 1.69. The third-order valence-electron chi connectivity index (χ3n) is 2.91. The zero-order valence-electron chi connectivity index (χ0n) is 10.5. The predicted molar refractivity (Wildman–Crippen MR) is 66.1 cm³/mol. The molecular formula is C13H15NO5. The second kappa shape index (κ2) is 5.60. The number of carboxylic acids is 1. The van der Waals surface area contributed by atoms with Crippen molar-refractivity contribution < 1.29 is 24.2 Å². The van der Waals surface area contributed by atoms with Crippen molar-refractivity contribution in [1.29, 1.82) is 0 Å². The summed E-state index contributed by atoms with van der Waals surface area (Å²) in [5, 5.41) is 11.3. The molecule has 1 aromatic carbocycles. The van der Waals surface area contributed by atoms with Crippen LogP contribution in [0.3, 0.4) is 0 Å². The minimum Gasteiger partial charge on any atom is -0.481 e. The molecule has 0 bridgehead atoms. The van der Waals surface area contributed by atoms with Gasteiger partial charge in [0.2, 0.25) is 12.7 Å². The molecule has 0 saturated heterocycles. The van der Waals surface area contributed by atoms with Gasteiger partial charge in [0.15, 0.2) is 11.5 Å². The van der Waals surface area contributed by atoms with Gasteiger partial charge in [-0.1, -0.05) is 6.07 Å². The first-order valence-electron chi connectivity index (χ1n) is 5.97. The highest BCUT2D eigenvalue weighted by molar-refractivity contribution is 5.96. The third kappa shape index (κ3) is 3.15. The molecule has 0 radical (unpaired) electrons. The lowest BCUT2D eigenvalue weighted by molar-refractivity contribution is -0.146. The van der Waals surface area contributed by atoms with E-state index in [9.17, 15) is 9.59 Å². The van der Waals surface area contributed by atoms with Crippen LogP contribution in [0, 0.1) is 5.92 Å². The fraction of sp³-hybridized carbons (Fsp3) is 0.385. The molecule has 0 aromatic heterocycles. The monoisotopic (exact) mass is 265 g/mol. The Morgan fingerprint density at radius 3 is 2.84 bits per heavy atom. The van der Waals surface area contributed by atoms with Gasteiger partial charge < -0.3 is 19.9 Å². The Kier molecular flexibility index (Phi) is 3.89. The molecule has 2 N–H and O–H groups in total. The Labute approximate surface area is 110 Å². The van der Waals surface area contributed by atoms with E-state index in [0.717, 1.165) is 5.56 Å². The summed E-state index contributed by atoms with van der Waals surface area (Å²) in [6.07, 6.45) is 0.606. The number of ether oxygens (including phenoxy) is 2. The van der Waals surface area contributed by atoms with Gasteiger partial charge in [-0.2, -0.15) is 0 Å². The minimum absolute atomic E-state index is 0.228. The Morgan fingerprint density at radius 2 is 2.11 bits per heavy atom. The van der Waals surface area contributed by atoms with Crippen LogP contribution in [-0.2, 0) is 16.0 Å². The molecule has 0 fully saturated rings. The summed E-state index contributed by atoms with van der Waals surface area (Å²) in [4.78, 5) is 22.0. The lowest BCUT2D eigenvalue weighted by Crippen LogP contribution is -2.34. The molecule has 19 heavy (non-hydrogen) atoms. The van der Waals surface area contributed by atoms with Crippen LogP contribution in [0.1, 0.15) is 12.5 Å². The molecule has 2 rings (SSSR count). The normalized spacial score (nSPS) is 13.9. The van der Waals surface area contributed by atoms with Crippen molar-refractivity contribution in [2.45, 2.75) is 13.3 Å². The summed E-state index contributed by atoms with van der Waals surface area (Å²) in [5.74, 6) is -1.22. The standard InChI is InChI=1S/C13H15NO5/c1-8(13(16)17)12(15)14-5-4-9-2-3-10-11(6-9)19-7-18-10/h2-3,6,8H,4-5,7H2,1H3,(H,14,15)(H,16,17). The first-order valence-corrected chi connectivity index (χ1v) is 5.97. The molecule has 1 atom stereocenters. The first kappa shape index (κ1) is 13.2. The van der Waals surface area contributed by atoms with Gasteiger partial charge in [0.1, 0.15) is 5.92 Å². The number of rotatable bonds is 5. The highest BCUT2D eigenvalue weighted by atomic mass is 16.7. The van der Waals surface area contributed by atoms with Crippen LogP contribution in [0.25, 0.3) is 0 Å². The minimum atomic E-state index is -1.12. The first-order chi connectivity index (χ1) is 9.08. The van der Waals surface area contributed by atoms with Crippen molar-refractivity contribution in [3.05, 3.63) is 23.8 Å². The fourth-order valence-corrected chi connectivity index (χ4v) is 1.69. The average Bonchev–Trinajstić information content (AvgIpc) is 2.84. The summed E-state index contributed by atoms with van der Waals surface area (Å²) in [6, 6.07) is 5.56. The van der Waals surface area contributed by atoms with E-state index in [0.29, 0.717) is 24.5 Å². The van der Waals surface area contributed by atoms with Crippen molar-refractivity contribution in [3.8, 4) is 11.5 Å². The number of aliphatic carboxylic acids is 1. The van der Waals surface area contributed by atoms with Crippen molar-refractivity contribution in [1.82, 2.24) is 5.32 Å². The molecule has 1 aromatic rings. The number of carbonyl (C=O) groups is 2. The second-order valence-electron chi connectivity index (χ2n) is 4.29. The van der Waals surface area contributed by atoms with Crippen LogP contribution in [-0.4, -0.2) is 30.3 Å². The molecule has 1 aliphatic heterocycles. The van der Waals surface area contributed by atoms with Crippen LogP contribution in [0.2, 0.25) is 0 Å². The summed E-state index contributed by atoms with van der Waals surface area (Å²) in [7, 11) is 0. The molecule has 1 aliphatic rings. The average molecular weight is 265 g/mol. The summed E-state index contributed by atoms with van der Waals surface area (Å²) in [5.41, 5.74) is 0.993. The number of benzene rings is 1. The molecule has 102 valence electrons. The van der Waals surface area contributed by atoms with Crippen LogP contribution in [0.5, 0.6) is 11.5 Å². The quantitative estimate of drug-likeness (QED) is 0.769. The number of carbonyl (C=O) groups excluding carboxylic acids is 1. The summed E-state index contributed by atoms with van der Waals surface area (Å²) >= 11 is 0. The van der Waals surface area contributed by atoms with E-state index in [1.165, 1.54) is 6.92 Å². The maximum atomic E-state index is 11.4. The van der Waals surface area contributed by atoms with E-state index >= 15 is 0 Å². The number of hydrogen-bond donors (Lipinski definition) is 2. The Hall–Kier alpha value is -2.24. The highest BCUT2D eigenvalue weighted by Gasteiger charge is 2.19. The lowest BCUT2D eigenvalue weighted by atomic mass is 10.1. The molecule has 0 saturated carbocycles. The number of hydrogen-bond acceptors (Lipinski definition) is 4. The van der Waals surface area contributed by atoms with Crippen molar-refractivity contribution >= 4 is 11.9 Å². The molecule has 0 aliphatic carbocycles. The molecule has 6 nitrogen and oxygen atoms in total.